The Hall–Kier alpha value is -0.950. The summed E-state index contributed by atoms with van der Waals surface area (Å²) in [5.74, 6) is 0.510. The lowest BCUT2D eigenvalue weighted by Crippen LogP contribution is -2.52. The van der Waals surface area contributed by atoms with Crippen LogP contribution in [0.2, 0.25) is 0 Å². The summed E-state index contributed by atoms with van der Waals surface area (Å²) in [4.78, 5) is 5.95. The zero-order valence-corrected chi connectivity index (χ0v) is 13.5. The van der Waals surface area contributed by atoms with Gasteiger partial charge in [-0.15, -0.1) is 0 Å². The Kier molecular flexibility index (Phi) is 3.81. The van der Waals surface area contributed by atoms with Crippen molar-refractivity contribution in [2.45, 2.75) is 24.8 Å². The van der Waals surface area contributed by atoms with E-state index in [1.54, 1.807) is 16.4 Å². The molecule has 0 aromatic heterocycles. The van der Waals surface area contributed by atoms with Crippen LogP contribution in [-0.4, -0.2) is 50.6 Å². The Labute approximate surface area is 126 Å². The molecule has 21 heavy (non-hydrogen) atoms. The van der Waals surface area contributed by atoms with Crippen LogP contribution in [0.3, 0.4) is 0 Å². The first kappa shape index (κ1) is 15.0. The molecule has 1 aromatic rings. The molecule has 2 saturated heterocycles. The Morgan fingerprint density at radius 2 is 1.86 bits per heavy atom. The highest BCUT2D eigenvalue weighted by molar-refractivity contribution is 7.89. The molecule has 6 heteroatoms. The molecule has 2 aliphatic heterocycles. The Bertz CT molecular complexity index is 614. The number of piperidine rings is 1. The van der Waals surface area contributed by atoms with Crippen LogP contribution in [0.1, 0.15) is 12.5 Å². The molecule has 116 valence electrons. The fourth-order valence-corrected chi connectivity index (χ4v) is 5.10. The number of nitrogens with zero attached hydrogens (tertiary/aromatic N) is 2. The zero-order valence-electron chi connectivity index (χ0n) is 12.7. The molecule has 0 saturated carbocycles. The maximum Gasteiger partial charge on any atom is 0.243 e. The largest absolute Gasteiger partial charge is 0.299 e. The van der Waals surface area contributed by atoms with Crippen molar-refractivity contribution in [3.05, 3.63) is 29.8 Å². The fourth-order valence-electron chi connectivity index (χ4n) is 3.50. The molecule has 2 aliphatic rings. The molecular formula is C15H22N2O3S. The van der Waals surface area contributed by atoms with E-state index in [0.29, 0.717) is 30.6 Å². The van der Waals surface area contributed by atoms with Crippen molar-refractivity contribution in [2.24, 2.45) is 11.8 Å². The highest BCUT2D eigenvalue weighted by Gasteiger charge is 2.45. The van der Waals surface area contributed by atoms with E-state index in [1.807, 2.05) is 31.2 Å². The summed E-state index contributed by atoms with van der Waals surface area (Å²) in [5, 5.41) is 1.89. The Balaban J connectivity index is 1.85. The lowest BCUT2D eigenvalue weighted by atomic mass is 9.87. The molecule has 0 aliphatic carbocycles. The van der Waals surface area contributed by atoms with Gasteiger partial charge in [0.1, 0.15) is 0 Å². The van der Waals surface area contributed by atoms with Gasteiger partial charge in [0.05, 0.1) is 11.5 Å². The number of hydrogen-bond donors (Lipinski definition) is 0. The van der Waals surface area contributed by atoms with Gasteiger partial charge in [-0.2, -0.15) is 9.37 Å². The molecule has 0 radical (unpaired) electrons. The Morgan fingerprint density at radius 3 is 2.52 bits per heavy atom. The normalized spacial score (nSPS) is 31.3. The molecule has 3 rings (SSSR count). The number of rotatable bonds is 2. The van der Waals surface area contributed by atoms with Gasteiger partial charge < -0.3 is 0 Å². The molecule has 0 amide bonds. The predicted molar refractivity (Wildman–Crippen MR) is 80.1 cm³/mol. The van der Waals surface area contributed by atoms with Crippen LogP contribution >= 0.6 is 0 Å². The van der Waals surface area contributed by atoms with Crippen molar-refractivity contribution >= 4 is 10.0 Å². The maximum absolute atomic E-state index is 12.8. The summed E-state index contributed by atoms with van der Waals surface area (Å²) in [6.45, 7) is 5.74. The van der Waals surface area contributed by atoms with Gasteiger partial charge in [-0.1, -0.05) is 24.6 Å². The van der Waals surface area contributed by atoms with E-state index in [0.717, 1.165) is 5.56 Å². The van der Waals surface area contributed by atoms with Gasteiger partial charge in [0.15, 0.2) is 0 Å². The van der Waals surface area contributed by atoms with Crippen LogP contribution in [0.5, 0.6) is 0 Å². The van der Waals surface area contributed by atoms with Gasteiger partial charge in [0.25, 0.3) is 0 Å². The quantitative estimate of drug-likeness (QED) is 0.830. The van der Waals surface area contributed by atoms with Crippen molar-refractivity contribution in [1.29, 1.82) is 0 Å². The second-order valence-corrected chi connectivity index (χ2v) is 8.14. The molecule has 0 N–H and O–H groups in total. The number of benzene rings is 1. The van der Waals surface area contributed by atoms with E-state index < -0.39 is 10.0 Å². The first-order valence-corrected chi connectivity index (χ1v) is 8.76. The Morgan fingerprint density at radius 1 is 1.19 bits per heavy atom. The number of fused-ring (bicyclic) bond motifs is 1. The van der Waals surface area contributed by atoms with E-state index in [4.69, 9.17) is 4.84 Å². The third-order valence-corrected chi connectivity index (χ3v) is 6.41. The van der Waals surface area contributed by atoms with Gasteiger partial charge in [-0.25, -0.2) is 8.42 Å². The van der Waals surface area contributed by atoms with E-state index in [9.17, 15) is 8.42 Å². The van der Waals surface area contributed by atoms with Gasteiger partial charge in [0, 0.05) is 32.1 Å². The van der Waals surface area contributed by atoms with Crippen LogP contribution in [0.25, 0.3) is 0 Å². The van der Waals surface area contributed by atoms with Gasteiger partial charge in [-0.3, -0.25) is 4.84 Å². The third kappa shape index (κ3) is 2.61. The minimum absolute atomic E-state index is 0.249. The minimum atomic E-state index is -3.41. The second-order valence-electron chi connectivity index (χ2n) is 6.20. The number of aryl methyl sites for hydroxylation is 1. The molecular weight excluding hydrogens is 288 g/mol. The van der Waals surface area contributed by atoms with Crippen LogP contribution in [0.4, 0.5) is 0 Å². The SMILES string of the molecule is Cc1ccc(S(=O)(=O)N2C[C@H]3CON(C)[C@H]3[C@H](C)C2)cc1. The zero-order chi connectivity index (χ0) is 15.2. The van der Waals surface area contributed by atoms with Crippen LogP contribution in [-0.2, 0) is 14.9 Å². The molecule has 2 fully saturated rings. The smallest absolute Gasteiger partial charge is 0.243 e. The van der Waals surface area contributed by atoms with Crippen molar-refractivity contribution in [1.82, 2.24) is 9.37 Å². The molecule has 1 aromatic carbocycles. The van der Waals surface area contributed by atoms with Crippen molar-refractivity contribution in [3.8, 4) is 0 Å². The van der Waals surface area contributed by atoms with Gasteiger partial charge >= 0.3 is 0 Å². The predicted octanol–water partition coefficient (Wildman–Crippen LogP) is 1.50. The summed E-state index contributed by atoms with van der Waals surface area (Å²) < 4.78 is 27.2. The molecule has 0 bridgehead atoms. The number of hydroxylamine groups is 2. The number of hydrogen-bond acceptors (Lipinski definition) is 4. The second kappa shape index (κ2) is 5.35. The topological polar surface area (TPSA) is 49.9 Å². The average molecular weight is 310 g/mol. The number of sulfonamides is 1. The van der Waals surface area contributed by atoms with Crippen molar-refractivity contribution < 1.29 is 13.3 Å². The first-order valence-electron chi connectivity index (χ1n) is 7.32. The highest BCUT2D eigenvalue weighted by atomic mass is 32.2. The molecule has 5 nitrogen and oxygen atoms in total. The lowest BCUT2D eigenvalue weighted by Gasteiger charge is -2.39. The molecule has 0 spiro atoms. The standard InChI is InChI=1S/C15H22N2O3S/c1-11-4-6-14(7-5-11)21(18,19)17-8-12(2)15-13(9-17)10-20-16(15)3/h4-7,12-13,15H,8-10H2,1-3H3/t12-,13+,15+/m1/s1. The average Bonchev–Trinajstić information content (AvgIpc) is 2.81. The first-order chi connectivity index (χ1) is 9.89. The summed E-state index contributed by atoms with van der Waals surface area (Å²) in [6, 6.07) is 7.39. The minimum Gasteiger partial charge on any atom is -0.299 e. The summed E-state index contributed by atoms with van der Waals surface area (Å²) in [5.41, 5.74) is 1.06. The summed E-state index contributed by atoms with van der Waals surface area (Å²) in [6.07, 6.45) is 0. The van der Waals surface area contributed by atoms with E-state index in [-0.39, 0.29) is 11.8 Å². The van der Waals surface area contributed by atoms with E-state index in [1.165, 1.54) is 0 Å². The van der Waals surface area contributed by atoms with Crippen LogP contribution in [0.15, 0.2) is 29.2 Å². The lowest BCUT2D eigenvalue weighted by molar-refractivity contribution is -0.119. The fraction of sp³-hybridized carbons (Fsp3) is 0.600. The van der Waals surface area contributed by atoms with Gasteiger partial charge in [0.2, 0.25) is 10.0 Å². The molecule has 3 atom stereocenters. The molecule has 0 unspecified atom stereocenters. The monoisotopic (exact) mass is 310 g/mol. The summed E-state index contributed by atoms with van der Waals surface area (Å²) in [7, 11) is -1.47. The van der Waals surface area contributed by atoms with Crippen LogP contribution in [0, 0.1) is 18.8 Å². The van der Waals surface area contributed by atoms with E-state index >= 15 is 0 Å². The highest BCUT2D eigenvalue weighted by Crippen LogP contribution is 2.34. The maximum atomic E-state index is 12.8. The molecule has 2 heterocycles. The van der Waals surface area contributed by atoms with Crippen LogP contribution < -0.4 is 0 Å². The van der Waals surface area contributed by atoms with Crippen molar-refractivity contribution in [3.63, 3.8) is 0 Å². The van der Waals surface area contributed by atoms with E-state index in [2.05, 4.69) is 6.92 Å². The summed E-state index contributed by atoms with van der Waals surface area (Å²) >= 11 is 0. The van der Waals surface area contributed by atoms with Crippen molar-refractivity contribution in [2.75, 3.05) is 26.7 Å². The third-order valence-electron chi connectivity index (χ3n) is 4.57. The van der Waals surface area contributed by atoms with Gasteiger partial charge in [-0.05, 0) is 25.0 Å².